The lowest BCUT2D eigenvalue weighted by atomic mass is 10.2. The molecule has 0 spiro atoms. The van der Waals surface area contributed by atoms with Crippen molar-refractivity contribution in [2.75, 3.05) is 6.26 Å². The van der Waals surface area contributed by atoms with Crippen molar-refractivity contribution in [2.45, 2.75) is 18.9 Å². The Morgan fingerprint density at radius 3 is 2.20 bits per heavy atom. The average molecular weight is 326 g/mol. The lowest BCUT2D eigenvalue weighted by molar-refractivity contribution is -0.0509. The molecular formula is C12H13F3O3S2. The number of benzene rings is 1. The summed E-state index contributed by atoms with van der Waals surface area (Å²) in [6, 6.07) is 7.84. The zero-order valence-corrected chi connectivity index (χ0v) is 12.4. The van der Waals surface area contributed by atoms with E-state index in [1.807, 2.05) is 0 Å². The van der Waals surface area contributed by atoms with Gasteiger partial charge in [0.25, 0.3) is 0 Å². The number of halogens is 3. The molecule has 0 saturated carbocycles. The molecule has 0 aliphatic rings. The maximum absolute atomic E-state index is 12.4. The molecule has 0 radical (unpaired) electrons. The van der Waals surface area contributed by atoms with Crippen LogP contribution in [0.4, 0.5) is 13.2 Å². The van der Waals surface area contributed by atoms with Crippen LogP contribution in [0.2, 0.25) is 0 Å². The maximum atomic E-state index is 12.4. The van der Waals surface area contributed by atoms with Crippen molar-refractivity contribution in [3.05, 3.63) is 40.8 Å². The molecule has 8 heteroatoms. The third kappa shape index (κ3) is 3.92. The van der Waals surface area contributed by atoms with Gasteiger partial charge in [-0.3, -0.25) is 0 Å². The predicted octanol–water partition coefficient (Wildman–Crippen LogP) is 3.99. The minimum absolute atomic E-state index is 0.280. The summed E-state index contributed by atoms with van der Waals surface area (Å²) in [6.07, 6.45) is 2.00. The zero-order valence-electron chi connectivity index (χ0n) is 10.8. The fraction of sp³-hybridized carbons (Fsp3) is 0.333. The van der Waals surface area contributed by atoms with Gasteiger partial charge in [-0.2, -0.15) is 21.6 Å². The Morgan fingerprint density at radius 2 is 1.80 bits per heavy atom. The van der Waals surface area contributed by atoms with Crippen LogP contribution in [-0.4, -0.2) is 20.2 Å². The summed E-state index contributed by atoms with van der Waals surface area (Å²) < 4.78 is 64.0. The van der Waals surface area contributed by atoms with Crippen LogP contribution in [0.25, 0.3) is 5.76 Å². The summed E-state index contributed by atoms with van der Waals surface area (Å²) in [5.74, 6) is -0.280. The fourth-order valence-corrected chi connectivity index (χ4v) is 2.60. The summed E-state index contributed by atoms with van der Waals surface area (Å²) >= 11 is 1.15. The first-order valence-electron chi connectivity index (χ1n) is 5.56. The Morgan fingerprint density at radius 1 is 1.25 bits per heavy atom. The van der Waals surface area contributed by atoms with Gasteiger partial charge in [0.15, 0.2) is 5.76 Å². The lowest BCUT2D eigenvalue weighted by Crippen LogP contribution is -2.25. The molecule has 1 rings (SSSR count). The van der Waals surface area contributed by atoms with Crippen molar-refractivity contribution in [3.63, 3.8) is 0 Å². The van der Waals surface area contributed by atoms with Crippen LogP contribution < -0.4 is 0 Å². The highest BCUT2D eigenvalue weighted by molar-refractivity contribution is 8.02. The summed E-state index contributed by atoms with van der Waals surface area (Å²) in [7, 11) is -5.68. The van der Waals surface area contributed by atoms with E-state index in [4.69, 9.17) is 0 Å². The van der Waals surface area contributed by atoms with E-state index in [1.165, 1.54) is 12.1 Å². The summed E-state index contributed by atoms with van der Waals surface area (Å²) in [5.41, 5.74) is -5.17. The lowest BCUT2D eigenvalue weighted by Gasteiger charge is -2.15. The Kier molecular flexibility index (Phi) is 5.52. The monoisotopic (exact) mass is 326 g/mol. The second kappa shape index (κ2) is 6.53. The van der Waals surface area contributed by atoms with Gasteiger partial charge in [-0.25, -0.2) is 0 Å². The van der Waals surface area contributed by atoms with Gasteiger partial charge in [0.2, 0.25) is 0 Å². The van der Waals surface area contributed by atoms with Gasteiger partial charge in [0.05, 0.1) is 0 Å². The van der Waals surface area contributed by atoms with Crippen LogP contribution in [0.5, 0.6) is 0 Å². The second-order valence-electron chi connectivity index (χ2n) is 3.66. The largest absolute Gasteiger partial charge is 0.534 e. The van der Waals surface area contributed by atoms with Crippen molar-refractivity contribution in [1.29, 1.82) is 0 Å². The smallest absolute Gasteiger partial charge is 0.375 e. The molecule has 3 nitrogen and oxygen atoms in total. The molecule has 112 valence electrons. The zero-order chi connectivity index (χ0) is 15.4. The molecular weight excluding hydrogens is 313 g/mol. The van der Waals surface area contributed by atoms with Crippen LogP contribution >= 0.6 is 11.8 Å². The van der Waals surface area contributed by atoms with Crippen LogP contribution in [-0.2, 0) is 14.3 Å². The van der Waals surface area contributed by atoms with Gasteiger partial charge in [0, 0.05) is 10.5 Å². The van der Waals surface area contributed by atoms with Gasteiger partial charge < -0.3 is 4.18 Å². The molecule has 0 aromatic heterocycles. The van der Waals surface area contributed by atoms with Gasteiger partial charge >= 0.3 is 15.6 Å². The third-order valence-corrected chi connectivity index (χ3v) is 4.25. The van der Waals surface area contributed by atoms with E-state index in [0.717, 1.165) is 11.8 Å². The first-order chi connectivity index (χ1) is 9.23. The maximum Gasteiger partial charge on any atom is 0.534 e. The highest BCUT2D eigenvalue weighted by Crippen LogP contribution is 2.34. The van der Waals surface area contributed by atoms with Crippen molar-refractivity contribution in [2.24, 2.45) is 0 Å². The summed E-state index contributed by atoms with van der Waals surface area (Å²) in [4.78, 5) is 0.420. The molecule has 0 bridgehead atoms. The molecule has 0 atom stereocenters. The topological polar surface area (TPSA) is 43.4 Å². The third-order valence-electron chi connectivity index (χ3n) is 2.33. The van der Waals surface area contributed by atoms with Gasteiger partial charge in [0.1, 0.15) is 0 Å². The first kappa shape index (κ1) is 16.9. The molecule has 0 N–H and O–H groups in total. The van der Waals surface area contributed by atoms with Crippen molar-refractivity contribution in [1.82, 2.24) is 0 Å². The Balaban J connectivity index is 3.33. The summed E-state index contributed by atoms with van der Waals surface area (Å²) in [6.45, 7) is 1.71. The minimum Gasteiger partial charge on any atom is -0.375 e. The quantitative estimate of drug-likeness (QED) is 0.466. The Labute approximate surface area is 119 Å². The highest BCUT2D eigenvalue weighted by Gasteiger charge is 2.49. The average Bonchev–Trinajstić information content (AvgIpc) is 2.38. The number of allylic oxidation sites excluding steroid dienone is 1. The van der Waals surface area contributed by atoms with Crippen LogP contribution in [0.15, 0.2) is 35.2 Å². The number of alkyl halides is 3. The predicted molar refractivity (Wildman–Crippen MR) is 73.2 cm³/mol. The number of thioether (sulfide) groups is 1. The van der Waals surface area contributed by atoms with Gasteiger partial charge in [-0.1, -0.05) is 37.3 Å². The highest BCUT2D eigenvalue weighted by atomic mass is 32.2. The normalized spacial score (nSPS) is 13.8. The Hall–Kier alpha value is -1.15. The molecule has 0 amide bonds. The van der Waals surface area contributed by atoms with E-state index in [1.54, 1.807) is 31.4 Å². The van der Waals surface area contributed by atoms with Gasteiger partial charge in [-0.05, 0) is 12.7 Å². The van der Waals surface area contributed by atoms with Crippen molar-refractivity contribution >= 4 is 27.6 Å². The molecule has 1 aromatic carbocycles. The van der Waals surface area contributed by atoms with Crippen LogP contribution in [0, 0.1) is 0 Å². The molecule has 0 aliphatic carbocycles. The molecule has 1 aromatic rings. The fourth-order valence-electron chi connectivity index (χ4n) is 1.40. The van der Waals surface area contributed by atoms with E-state index in [2.05, 4.69) is 4.18 Å². The first-order valence-corrected chi connectivity index (χ1v) is 8.19. The number of hydrogen-bond acceptors (Lipinski definition) is 4. The minimum atomic E-state index is -5.68. The van der Waals surface area contributed by atoms with Crippen LogP contribution in [0.3, 0.4) is 0 Å². The number of hydrogen-bond donors (Lipinski definition) is 0. The molecule has 0 fully saturated rings. The van der Waals surface area contributed by atoms with E-state index < -0.39 is 15.6 Å². The SMILES string of the molecule is CC/C(SC)=C(/OS(=O)(=O)C(F)(F)F)c1ccccc1. The molecule has 0 heterocycles. The van der Waals surface area contributed by atoms with Crippen LogP contribution in [0.1, 0.15) is 18.9 Å². The second-order valence-corrected chi connectivity index (χ2v) is 6.10. The van der Waals surface area contributed by atoms with Crippen molar-refractivity contribution in [3.8, 4) is 0 Å². The summed E-state index contributed by atoms with van der Waals surface area (Å²) in [5, 5.41) is 0. The standard InChI is InChI=1S/C12H13F3O3S2/c1-3-10(19-2)11(9-7-5-4-6-8-9)18-20(16,17)12(13,14)15/h4-8H,3H2,1-2H3/b11-10-. The van der Waals surface area contributed by atoms with E-state index in [9.17, 15) is 21.6 Å². The molecule has 0 aliphatic heterocycles. The molecule has 20 heavy (non-hydrogen) atoms. The van der Waals surface area contributed by atoms with Crippen molar-refractivity contribution < 1.29 is 25.8 Å². The number of rotatable bonds is 5. The van der Waals surface area contributed by atoms with E-state index >= 15 is 0 Å². The van der Waals surface area contributed by atoms with Gasteiger partial charge in [-0.15, -0.1) is 11.8 Å². The molecule has 0 unspecified atom stereocenters. The molecule has 0 saturated heterocycles. The van der Waals surface area contributed by atoms with E-state index in [0.29, 0.717) is 11.3 Å². The van der Waals surface area contributed by atoms with E-state index in [-0.39, 0.29) is 11.3 Å². The Bertz CT molecular complexity index is 572.